The molecular weight excluding hydrogens is 462 g/mol. The average molecular weight is 494 g/mol. The molecular formula is C26H31N5O3S. The predicted octanol–water partition coefficient (Wildman–Crippen LogP) is 3.10. The summed E-state index contributed by atoms with van der Waals surface area (Å²) >= 11 is 1.38. The summed E-state index contributed by atoms with van der Waals surface area (Å²) in [6.07, 6.45) is 2.29. The van der Waals surface area contributed by atoms with E-state index in [4.69, 9.17) is 0 Å². The fraction of sp³-hybridized carbons (Fsp3) is 0.385. The number of rotatable bonds is 8. The standard InChI is InChI=1S/C26H31N5O3S/c1-30(2)17-19-7-5-18(6-8-19)16-27-24(33)20-9-11-21(12-10-20)28-23(32)15-22-25(34)29-26(35-22)31-13-3-4-14-31/h5-12,22H,3-4,13-17H2,1-2H3,(H,27,33)(H,28,32)/t22-/m1/s1. The molecule has 8 nitrogen and oxygen atoms in total. The van der Waals surface area contributed by atoms with E-state index < -0.39 is 5.25 Å². The number of aliphatic imine (C=N–C) groups is 1. The molecule has 9 heteroatoms. The van der Waals surface area contributed by atoms with Crippen molar-refractivity contribution in [3.63, 3.8) is 0 Å². The van der Waals surface area contributed by atoms with E-state index in [1.807, 2.05) is 26.2 Å². The zero-order valence-corrected chi connectivity index (χ0v) is 20.9. The van der Waals surface area contributed by atoms with E-state index >= 15 is 0 Å². The maximum Gasteiger partial charge on any atom is 0.262 e. The summed E-state index contributed by atoms with van der Waals surface area (Å²) in [6, 6.07) is 14.9. The topological polar surface area (TPSA) is 94.1 Å². The smallest absolute Gasteiger partial charge is 0.262 e. The number of amides is 3. The van der Waals surface area contributed by atoms with Crippen molar-refractivity contribution in [1.29, 1.82) is 0 Å². The molecule has 4 rings (SSSR count). The van der Waals surface area contributed by atoms with Gasteiger partial charge >= 0.3 is 0 Å². The molecule has 2 aromatic rings. The summed E-state index contributed by atoms with van der Waals surface area (Å²) in [6.45, 7) is 3.15. The van der Waals surface area contributed by atoms with Gasteiger partial charge in [-0.3, -0.25) is 14.4 Å². The lowest BCUT2D eigenvalue weighted by Gasteiger charge is -2.16. The van der Waals surface area contributed by atoms with Gasteiger partial charge < -0.3 is 20.4 Å². The van der Waals surface area contributed by atoms with Crippen molar-refractivity contribution in [2.45, 2.75) is 37.6 Å². The number of thioether (sulfide) groups is 1. The number of amidine groups is 1. The van der Waals surface area contributed by atoms with E-state index in [-0.39, 0.29) is 24.1 Å². The van der Waals surface area contributed by atoms with Crippen LogP contribution in [-0.4, -0.2) is 65.1 Å². The molecule has 184 valence electrons. The molecule has 2 heterocycles. The maximum atomic E-state index is 12.5. The lowest BCUT2D eigenvalue weighted by Crippen LogP contribution is -2.25. The van der Waals surface area contributed by atoms with Gasteiger partial charge in [0.05, 0.1) is 0 Å². The maximum absolute atomic E-state index is 12.5. The molecule has 2 N–H and O–H groups in total. The highest BCUT2D eigenvalue weighted by Gasteiger charge is 2.33. The van der Waals surface area contributed by atoms with Crippen molar-refractivity contribution in [2.75, 3.05) is 32.5 Å². The second kappa shape index (κ2) is 11.5. The molecule has 35 heavy (non-hydrogen) atoms. The van der Waals surface area contributed by atoms with Gasteiger partial charge in [0, 0.05) is 43.9 Å². The lowest BCUT2D eigenvalue weighted by molar-refractivity contribution is -0.121. The van der Waals surface area contributed by atoms with Crippen LogP contribution < -0.4 is 10.6 Å². The van der Waals surface area contributed by atoms with Gasteiger partial charge in [-0.2, -0.15) is 4.99 Å². The fourth-order valence-corrected chi connectivity index (χ4v) is 5.17. The third-order valence-corrected chi connectivity index (χ3v) is 7.10. The third kappa shape index (κ3) is 6.93. The Kier molecular flexibility index (Phi) is 8.20. The number of benzene rings is 2. The normalized spacial score (nSPS) is 17.6. The van der Waals surface area contributed by atoms with Crippen LogP contribution in [0.15, 0.2) is 53.5 Å². The molecule has 0 aromatic heterocycles. The molecule has 0 aliphatic carbocycles. The van der Waals surface area contributed by atoms with Crippen LogP contribution in [0.1, 0.15) is 40.7 Å². The highest BCUT2D eigenvalue weighted by atomic mass is 32.2. The van der Waals surface area contributed by atoms with Crippen LogP contribution in [0.3, 0.4) is 0 Å². The van der Waals surface area contributed by atoms with Gasteiger partial charge in [-0.25, -0.2) is 0 Å². The Hall–Kier alpha value is -3.17. The summed E-state index contributed by atoms with van der Waals surface area (Å²) in [4.78, 5) is 45.6. The molecule has 0 radical (unpaired) electrons. The minimum absolute atomic E-state index is 0.0694. The first-order valence-electron chi connectivity index (χ1n) is 11.8. The molecule has 1 fully saturated rings. The van der Waals surface area contributed by atoms with Crippen molar-refractivity contribution in [3.8, 4) is 0 Å². The lowest BCUT2D eigenvalue weighted by atomic mass is 10.1. The van der Waals surface area contributed by atoms with E-state index in [1.165, 1.54) is 17.3 Å². The first kappa shape index (κ1) is 24.9. The second-order valence-electron chi connectivity index (χ2n) is 9.10. The van der Waals surface area contributed by atoms with Crippen LogP contribution in [0.25, 0.3) is 0 Å². The van der Waals surface area contributed by atoms with Gasteiger partial charge in [-0.1, -0.05) is 36.0 Å². The number of nitrogens with one attached hydrogen (secondary N) is 2. The Bertz CT molecular complexity index is 1090. The van der Waals surface area contributed by atoms with Crippen molar-refractivity contribution in [1.82, 2.24) is 15.1 Å². The molecule has 0 unspecified atom stereocenters. The zero-order valence-electron chi connectivity index (χ0n) is 20.1. The molecule has 2 aliphatic rings. The van der Waals surface area contributed by atoms with Gasteiger partial charge in [0.2, 0.25) is 5.91 Å². The zero-order chi connectivity index (χ0) is 24.8. The van der Waals surface area contributed by atoms with Crippen molar-refractivity contribution in [3.05, 3.63) is 65.2 Å². The summed E-state index contributed by atoms with van der Waals surface area (Å²) in [5, 5.41) is 6.00. The van der Waals surface area contributed by atoms with E-state index in [2.05, 4.69) is 37.6 Å². The van der Waals surface area contributed by atoms with Gasteiger partial charge in [0.25, 0.3) is 11.8 Å². The fourth-order valence-electron chi connectivity index (χ4n) is 4.05. The number of nitrogens with zero attached hydrogens (tertiary/aromatic N) is 3. The minimum Gasteiger partial charge on any atom is -0.351 e. The molecule has 1 saturated heterocycles. The molecule has 2 aromatic carbocycles. The number of hydrogen-bond donors (Lipinski definition) is 2. The SMILES string of the molecule is CN(C)Cc1ccc(CNC(=O)c2ccc(NC(=O)C[C@H]3SC(N4CCCC4)=NC3=O)cc2)cc1. The van der Waals surface area contributed by atoms with E-state index in [0.717, 1.165) is 43.2 Å². The Morgan fingerprint density at radius 1 is 1.03 bits per heavy atom. The first-order chi connectivity index (χ1) is 16.9. The Morgan fingerprint density at radius 2 is 1.69 bits per heavy atom. The Balaban J connectivity index is 1.23. The van der Waals surface area contributed by atoms with Crippen molar-refractivity contribution < 1.29 is 14.4 Å². The summed E-state index contributed by atoms with van der Waals surface area (Å²) in [7, 11) is 4.06. The number of likely N-dealkylation sites (tertiary alicyclic amines) is 1. The second-order valence-corrected chi connectivity index (χ2v) is 10.3. The van der Waals surface area contributed by atoms with Crippen LogP contribution in [-0.2, 0) is 22.7 Å². The van der Waals surface area contributed by atoms with Crippen molar-refractivity contribution in [2.24, 2.45) is 4.99 Å². The van der Waals surface area contributed by atoms with Crippen LogP contribution >= 0.6 is 11.8 Å². The van der Waals surface area contributed by atoms with E-state index in [9.17, 15) is 14.4 Å². The summed E-state index contributed by atoms with van der Waals surface area (Å²) < 4.78 is 0. The molecule has 1 atom stereocenters. The molecule has 0 saturated carbocycles. The minimum atomic E-state index is -0.479. The quantitative estimate of drug-likeness (QED) is 0.587. The molecule has 3 amide bonds. The highest BCUT2D eigenvalue weighted by Crippen LogP contribution is 2.29. The average Bonchev–Trinajstić information content (AvgIpc) is 3.49. The molecule has 2 aliphatic heterocycles. The highest BCUT2D eigenvalue weighted by molar-refractivity contribution is 8.15. The predicted molar refractivity (Wildman–Crippen MR) is 139 cm³/mol. The molecule has 0 spiro atoms. The molecule has 0 bridgehead atoms. The van der Waals surface area contributed by atoms with E-state index in [1.54, 1.807) is 24.3 Å². The summed E-state index contributed by atoms with van der Waals surface area (Å²) in [5.74, 6) is -0.671. The Labute approximate surface area is 210 Å². The van der Waals surface area contributed by atoms with Gasteiger partial charge in [0.1, 0.15) is 5.25 Å². The number of carbonyl (C=O) groups excluding carboxylic acids is 3. The first-order valence-corrected chi connectivity index (χ1v) is 12.7. The van der Waals surface area contributed by atoms with Gasteiger partial charge in [-0.15, -0.1) is 0 Å². The summed E-state index contributed by atoms with van der Waals surface area (Å²) in [5.41, 5.74) is 3.34. The van der Waals surface area contributed by atoms with Crippen LogP contribution in [0.5, 0.6) is 0 Å². The number of anilines is 1. The largest absolute Gasteiger partial charge is 0.351 e. The Morgan fingerprint density at radius 3 is 2.34 bits per heavy atom. The monoisotopic (exact) mass is 493 g/mol. The van der Waals surface area contributed by atoms with Crippen molar-refractivity contribution >= 4 is 40.3 Å². The van der Waals surface area contributed by atoms with Gasteiger partial charge in [-0.05, 0) is 62.3 Å². The van der Waals surface area contributed by atoms with Gasteiger partial charge in [0.15, 0.2) is 5.17 Å². The van der Waals surface area contributed by atoms with Crippen LogP contribution in [0.4, 0.5) is 5.69 Å². The third-order valence-electron chi connectivity index (χ3n) is 5.88. The van der Waals surface area contributed by atoms with Crippen LogP contribution in [0.2, 0.25) is 0 Å². The van der Waals surface area contributed by atoms with E-state index in [0.29, 0.717) is 17.8 Å². The number of hydrogen-bond acceptors (Lipinski definition) is 6. The number of carbonyl (C=O) groups is 3. The van der Waals surface area contributed by atoms with Crippen LogP contribution in [0, 0.1) is 0 Å².